The van der Waals surface area contributed by atoms with Gasteiger partial charge in [-0.1, -0.05) is 17.7 Å². The lowest BCUT2D eigenvalue weighted by Crippen LogP contribution is -2.33. The molecule has 5 aromatic rings. The Balaban J connectivity index is 1.26. The molecule has 1 saturated carbocycles. The van der Waals surface area contributed by atoms with E-state index in [4.69, 9.17) is 0 Å². The van der Waals surface area contributed by atoms with Crippen LogP contribution >= 0.6 is 0 Å². The zero-order chi connectivity index (χ0) is 28.9. The quantitative estimate of drug-likeness (QED) is 0.291. The Hall–Kier alpha value is -4.14. The molecule has 0 spiro atoms. The van der Waals surface area contributed by atoms with Gasteiger partial charge in [0.05, 0.1) is 21.5 Å². The largest absolute Gasteiger partial charge is 0.326 e. The Kier molecular flexibility index (Phi) is 6.63. The number of sulfonamides is 1. The average Bonchev–Trinajstić information content (AvgIpc) is 3.66. The van der Waals surface area contributed by atoms with Gasteiger partial charge in [0.2, 0.25) is 15.9 Å². The maximum atomic E-state index is 13.4. The Labute approximate surface area is 236 Å². The zero-order valence-electron chi connectivity index (χ0n) is 22.2. The van der Waals surface area contributed by atoms with Gasteiger partial charge in [0.1, 0.15) is 5.82 Å². The Morgan fingerprint density at radius 2 is 1.63 bits per heavy atom. The second-order valence-corrected chi connectivity index (χ2v) is 13.7. The van der Waals surface area contributed by atoms with Crippen LogP contribution in [-0.4, -0.2) is 52.3 Å². The summed E-state index contributed by atoms with van der Waals surface area (Å²) in [5.41, 5.74) is 2.73. The van der Waals surface area contributed by atoms with Crippen LogP contribution in [0.25, 0.3) is 16.8 Å². The fraction of sp³-hybridized carbons (Fsp3) is 0.259. The van der Waals surface area contributed by atoms with Gasteiger partial charge in [-0.25, -0.2) is 30.5 Å². The molecule has 6 rings (SSSR count). The third-order valence-electron chi connectivity index (χ3n) is 7.24. The number of rotatable bonds is 7. The first-order valence-corrected chi connectivity index (χ1v) is 15.9. The van der Waals surface area contributed by atoms with E-state index in [2.05, 4.69) is 25.2 Å². The van der Waals surface area contributed by atoms with Crippen LogP contribution in [0.4, 0.5) is 5.69 Å². The van der Waals surface area contributed by atoms with E-state index < -0.39 is 20.0 Å². The van der Waals surface area contributed by atoms with Gasteiger partial charge in [-0.15, -0.1) is 10.2 Å². The predicted octanol–water partition coefficient (Wildman–Crippen LogP) is 3.20. The van der Waals surface area contributed by atoms with Gasteiger partial charge in [0, 0.05) is 30.8 Å². The molecule has 3 heterocycles. The van der Waals surface area contributed by atoms with Crippen LogP contribution in [0.3, 0.4) is 0 Å². The summed E-state index contributed by atoms with van der Waals surface area (Å²) < 4.78 is 58.6. The number of fused-ring (bicyclic) bond motifs is 3. The molecule has 3 aromatic heterocycles. The number of aryl methyl sites for hydroxylation is 1. The first-order chi connectivity index (χ1) is 19.5. The van der Waals surface area contributed by atoms with E-state index in [9.17, 15) is 21.6 Å². The molecule has 0 unspecified atom stereocenters. The molecule has 2 atom stereocenters. The van der Waals surface area contributed by atoms with Crippen LogP contribution in [0.1, 0.15) is 43.5 Å². The molecule has 12 nitrogen and oxygen atoms in total. The Bertz CT molecular complexity index is 2000. The number of aromatic nitrogens is 5. The van der Waals surface area contributed by atoms with Crippen LogP contribution < -0.4 is 10.0 Å². The highest BCUT2D eigenvalue weighted by Gasteiger charge is 2.33. The standard InChI is InChI=1S/C27H27N7O5S2/c1-17-3-9-23(10-4-17)41(38,39)33-14-13-24-27(33)28-16-25-30-31-26(34(24)25)19-5-6-21(15-19)32-40(36,37)22-11-7-20(8-12-22)29-18(2)35/h3-4,7-14,16,19,21,32H,5-6,15H2,1-2H3,(H,29,35)/t19-,21+/m1/s1. The molecule has 2 N–H and O–H groups in total. The van der Waals surface area contributed by atoms with E-state index >= 15 is 0 Å². The third kappa shape index (κ3) is 4.98. The minimum atomic E-state index is -3.88. The first kappa shape index (κ1) is 27.1. The summed E-state index contributed by atoms with van der Waals surface area (Å²) in [6.45, 7) is 3.27. The fourth-order valence-corrected chi connectivity index (χ4v) is 7.85. The van der Waals surface area contributed by atoms with E-state index in [-0.39, 0.29) is 33.3 Å². The van der Waals surface area contributed by atoms with Gasteiger partial charge >= 0.3 is 0 Å². The molecule has 1 fully saturated rings. The monoisotopic (exact) mass is 593 g/mol. The summed E-state index contributed by atoms with van der Waals surface area (Å²) in [5, 5.41) is 11.3. The van der Waals surface area contributed by atoms with Crippen molar-refractivity contribution in [2.45, 2.75) is 54.9 Å². The van der Waals surface area contributed by atoms with Gasteiger partial charge in [0.15, 0.2) is 11.3 Å². The molecule has 1 aliphatic rings. The van der Waals surface area contributed by atoms with Crippen LogP contribution in [-0.2, 0) is 24.8 Å². The second-order valence-electron chi connectivity index (χ2n) is 10.2. The SMILES string of the molecule is CC(=O)Nc1ccc(S(=O)(=O)N[C@H]2CC[C@@H](c3nnc4cnc5c(ccn5S(=O)(=O)c5ccc(C)cc5)n34)C2)cc1. The molecule has 14 heteroatoms. The summed E-state index contributed by atoms with van der Waals surface area (Å²) in [7, 11) is -7.67. The van der Waals surface area contributed by atoms with Crippen molar-refractivity contribution in [3.05, 3.63) is 78.4 Å². The maximum absolute atomic E-state index is 13.4. The summed E-state index contributed by atoms with van der Waals surface area (Å²) in [5.74, 6) is 0.274. The van der Waals surface area contributed by atoms with E-state index in [1.54, 1.807) is 46.9 Å². The number of nitrogens with zero attached hydrogens (tertiary/aromatic N) is 5. The number of anilines is 1. The zero-order valence-corrected chi connectivity index (χ0v) is 23.9. The molecule has 2 aromatic carbocycles. The van der Waals surface area contributed by atoms with Gasteiger partial charge in [-0.05, 0) is 68.7 Å². The molecule has 0 radical (unpaired) electrons. The fourth-order valence-electron chi connectivity index (χ4n) is 5.27. The van der Waals surface area contributed by atoms with Crippen LogP contribution in [0.5, 0.6) is 0 Å². The summed E-state index contributed by atoms with van der Waals surface area (Å²) >= 11 is 0. The molecule has 1 aliphatic carbocycles. The van der Waals surface area contributed by atoms with E-state index in [0.717, 1.165) is 9.54 Å². The highest BCUT2D eigenvalue weighted by molar-refractivity contribution is 7.90. The number of nitrogens with one attached hydrogen (secondary N) is 2. The average molecular weight is 594 g/mol. The van der Waals surface area contributed by atoms with Crippen molar-refractivity contribution in [2.75, 3.05) is 5.32 Å². The van der Waals surface area contributed by atoms with Gasteiger partial charge in [0.25, 0.3) is 10.0 Å². The molecular weight excluding hydrogens is 566 g/mol. The number of carbonyl (C=O) groups excluding carboxylic acids is 1. The molecular formula is C27H27N7O5S2. The highest BCUT2D eigenvalue weighted by Crippen LogP contribution is 2.35. The first-order valence-electron chi connectivity index (χ1n) is 13.0. The lowest BCUT2D eigenvalue weighted by molar-refractivity contribution is -0.114. The Morgan fingerprint density at radius 1 is 0.927 bits per heavy atom. The summed E-state index contributed by atoms with van der Waals surface area (Å²) in [4.78, 5) is 15.9. The van der Waals surface area contributed by atoms with Gasteiger partial charge in [-0.2, -0.15) is 0 Å². The number of hydrogen-bond donors (Lipinski definition) is 2. The Morgan fingerprint density at radius 3 is 2.34 bits per heavy atom. The normalized spacial score (nSPS) is 17.8. The smallest absolute Gasteiger partial charge is 0.269 e. The van der Waals surface area contributed by atoms with Crippen molar-refractivity contribution in [1.82, 2.24) is 28.3 Å². The maximum Gasteiger partial charge on any atom is 0.269 e. The lowest BCUT2D eigenvalue weighted by Gasteiger charge is -2.14. The van der Waals surface area contributed by atoms with Crippen molar-refractivity contribution in [3.8, 4) is 0 Å². The van der Waals surface area contributed by atoms with Crippen LogP contribution in [0, 0.1) is 6.92 Å². The van der Waals surface area contributed by atoms with Crippen molar-refractivity contribution >= 4 is 48.5 Å². The van der Waals surface area contributed by atoms with Crippen LogP contribution in [0.2, 0.25) is 0 Å². The van der Waals surface area contributed by atoms with Gasteiger partial charge < -0.3 is 5.32 Å². The van der Waals surface area contributed by atoms with Crippen molar-refractivity contribution in [1.29, 1.82) is 0 Å². The van der Waals surface area contributed by atoms with Crippen molar-refractivity contribution < 1.29 is 21.6 Å². The number of amides is 1. The number of benzene rings is 2. The highest BCUT2D eigenvalue weighted by atomic mass is 32.2. The molecule has 0 saturated heterocycles. The number of carbonyl (C=O) groups is 1. The molecule has 212 valence electrons. The lowest BCUT2D eigenvalue weighted by atomic mass is 10.1. The van der Waals surface area contributed by atoms with E-state index in [0.29, 0.717) is 41.9 Å². The van der Waals surface area contributed by atoms with Gasteiger partial charge in [-0.3, -0.25) is 9.20 Å². The number of hydrogen-bond acceptors (Lipinski definition) is 8. The third-order valence-corrected chi connectivity index (χ3v) is 10.5. The van der Waals surface area contributed by atoms with E-state index in [1.165, 1.54) is 31.5 Å². The van der Waals surface area contributed by atoms with Crippen molar-refractivity contribution in [2.24, 2.45) is 0 Å². The van der Waals surface area contributed by atoms with Crippen molar-refractivity contribution in [3.63, 3.8) is 0 Å². The minimum absolute atomic E-state index is 0.104. The molecule has 41 heavy (non-hydrogen) atoms. The van der Waals surface area contributed by atoms with E-state index in [1.807, 2.05) is 6.92 Å². The molecule has 1 amide bonds. The second kappa shape index (κ2) is 10.0. The molecule has 0 aliphatic heterocycles. The predicted molar refractivity (Wildman–Crippen MR) is 151 cm³/mol. The minimum Gasteiger partial charge on any atom is -0.326 e. The van der Waals surface area contributed by atoms with Crippen LogP contribution in [0.15, 0.2) is 76.8 Å². The summed E-state index contributed by atoms with van der Waals surface area (Å²) in [6, 6.07) is 14.0. The summed E-state index contributed by atoms with van der Waals surface area (Å²) in [6.07, 6.45) is 4.72. The molecule has 0 bridgehead atoms. The topological polar surface area (TPSA) is 157 Å².